The van der Waals surface area contributed by atoms with E-state index in [-0.39, 0.29) is 17.9 Å². The summed E-state index contributed by atoms with van der Waals surface area (Å²) in [5, 5.41) is 9.21. The normalized spacial score (nSPS) is 11.8. The highest BCUT2D eigenvalue weighted by Gasteiger charge is 2.19. The first-order valence-corrected chi connectivity index (χ1v) is 7.79. The van der Waals surface area contributed by atoms with E-state index in [1.54, 1.807) is 11.4 Å². The highest BCUT2D eigenvalue weighted by molar-refractivity contribution is 5.75. The van der Waals surface area contributed by atoms with Gasteiger partial charge in [0.05, 0.1) is 6.61 Å². The zero-order valence-electron chi connectivity index (χ0n) is 13.6. The van der Waals surface area contributed by atoms with Crippen molar-refractivity contribution < 1.29 is 5.11 Å². The molecule has 8 nitrogen and oxygen atoms in total. The Bertz CT molecular complexity index is 989. The van der Waals surface area contributed by atoms with Crippen molar-refractivity contribution in [3.63, 3.8) is 0 Å². The minimum atomic E-state index is -0.345. The van der Waals surface area contributed by atoms with Gasteiger partial charge in [-0.1, -0.05) is 13.3 Å². The molecule has 3 aromatic rings. The summed E-state index contributed by atoms with van der Waals surface area (Å²) in [7, 11) is 1.63. The lowest BCUT2D eigenvalue weighted by molar-refractivity contribution is 0.276. The molecular weight excluding hydrogens is 298 g/mol. The number of hydrogen-bond donors (Lipinski definition) is 1. The van der Waals surface area contributed by atoms with Gasteiger partial charge in [0.25, 0.3) is 5.56 Å². The number of aromatic nitrogens is 5. The Hall–Kier alpha value is -2.35. The summed E-state index contributed by atoms with van der Waals surface area (Å²) < 4.78 is 6.24. The van der Waals surface area contributed by atoms with Crippen LogP contribution in [0.1, 0.15) is 25.5 Å². The number of aryl methyl sites for hydroxylation is 2. The van der Waals surface area contributed by atoms with Crippen molar-refractivity contribution in [1.82, 2.24) is 23.1 Å². The van der Waals surface area contributed by atoms with E-state index >= 15 is 0 Å². The Morgan fingerprint density at radius 1 is 1.22 bits per heavy atom. The lowest BCUT2D eigenvalue weighted by atomic mass is 10.3. The van der Waals surface area contributed by atoms with Crippen LogP contribution in [0.2, 0.25) is 0 Å². The smallest absolute Gasteiger partial charge is 0.332 e. The highest BCUT2D eigenvalue weighted by Crippen LogP contribution is 2.15. The van der Waals surface area contributed by atoms with Crippen LogP contribution in [0.15, 0.2) is 15.8 Å². The molecule has 124 valence electrons. The average molecular weight is 319 g/mol. The predicted octanol–water partition coefficient (Wildman–Crippen LogP) is 0.250. The number of aliphatic hydroxyl groups excluding tert-OH is 1. The number of fused-ring (bicyclic) bond motifs is 3. The molecule has 8 heteroatoms. The van der Waals surface area contributed by atoms with Gasteiger partial charge in [-0.25, -0.2) is 4.79 Å². The molecule has 0 saturated carbocycles. The third-order valence-electron chi connectivity index (χ3n) is 4.20. The molecule has 0 atom stereocenters. The molecule has 3 heterocycles. The number of imidazole rings is 2. The number of nitrogens with zero attached hydrogens (tertiary/aromatic N) is 5. The Labute approximate surface area is 132 Å². The molecule has 3 aromatic heterocycles. The SMILES string of the molecule is CCCCn1c(=O)c2c(nc3n(CCO)c(C)cn23)n(C)c1=O. The van der Waals surface area contributed by atoms with Gasteiger partial charge in [-0.3, -0.25) is 18.3 Å². The quantitative estimate of drug-likeness (QED) is 0.730. The fraction of sp³-hybridized carbons (Fsp3) is 0.533. The van der Waals surface area contributed by atoms with Crippen LogP contribution in [0, 0.1) is 6.92 Å². The molecule has 3 rings (SSSR count). The summed E-state index contributed by atoms with van der Waals surface area (Å²) in [5.74, 6) is 0.562. The summed E-state index contributed by atoms with van der Waals surface area (Å²) in [4.78, 5) is 29.7. The monoisotopic (exact) mass is 319 g/mol. The van der Waals surface area contributed by atoms with Gasteiger partial charge in [-0.2, -0.15) is 4.98 Å². The van der Waals surface area contributed by atoms with E-state index in [0.29, 0.717) is 30.0 Å². The van der Waals surface area contributed by atoms with Crippen LogP contribution in [-0.2, 0) is 20.1 Å². The van der Waals surface area contributed by atoms with Crippen LogP contribution in [0.4, 0.5) is 0 Å². The predicted molar refractivity (Wildman–Crippen MR) is 86.9 cm³/mol. The van der Waals surface area contributed by atoms with E-state index in [9.17, 15) is 14.7 Å². The zero-order valence-corrected chi connectivity index (χ0v) is 13.6. The van der Waals surface area contributed by atoms with Crippen LogP contribution in [0.3, 0.4) is 0 Å². The molecule has 0 fully saturated rings. The fourth-order valence-electron chi connectivity index (χ4n) is 2.94. The molecular formula is C15H21N5O3. The lowest BCUT2D eigenvalue weighted by Gasteiger charge is -2.07. The van der Waals surface area contributed by atoms with E-state index in [2.05, 4.69) is 4.98 Å². The van der Waals surface area contributed by atoms with Gasteiger partial charge < -0.3 is 9.67 Å². The Kier molecular flexibility index (Phi) is 3.85. The standard InChI is InChI=1S/C15H21N5O3/c1-4-5-6-19-13(22)11-12(17(3)15(19)23)16-14-18(7-8-21)10(2)9-20(11)14/h9,21H,4-8H2,1-3H3. The lowest BCUT2D eigenvalue weighted by Crippen LogP contribution is -2.39. The molecule has 0 aliphatic rings. The molecule has 0 unspecified atom stereocenters. The van der Waals surface area contributed by atoms with E-state index in [4.69, 9.17) is 0 Å². The maximum atomic E-state index is 12.8. The van der Waals surface area contributed by atoms with Crippen LogP contribution >= 0.6 is 0 Å². The molecule has 0 spiro atoms. The third kappa shape index (κ3) is 2.21. The first kappa shape index (κ1) is 15.5. The van der Waals surface area contributed by atoms with E-state index in [0.717, 1.165) is 18.5 Å². The fourth-order valence-corrected chi connectivity index (χ4v) is 2.94. The van der Waals surface area contributed by atoms with Crippen LogP contribution in [0.5, 0.6) is 0 Å². The first-order chi connectivity index (χ1) is 11.0. The summed E-state index contributed by atoms with van der Waals surface area (Å²) in [5.41, 5.74) is 1.01. The maximum absolute atomic E-state index is 12.8. The summed E-state index contributed by atoms with van der Waals surface area (Å²) >= 11 is 0. The second-order valence-electron chi connectivity index (χ2n) is 5.75. The van der Waals surface area contributed by atoms with E-state index < -0.39 is 0 Å². The molecule has 0 bridgehead atoms. The summed E-state index contributed by atoms with van der Waals surface area (Å²) in [6.07, 6.45) is 3.49. The van der Waals surface area contributed by atoms with Gasteiger partial charge >= 0.3 is 5.69 Å². The Morgan fingerprint density at radius 2 is 1.96 bits per heavy atom. The van der Waals surface area contributed by atoms with Crippen LogP contribution in [-0.4, -0.2) is 34.8 Å². The number of rotatable bonds is 5. The topological polar surface area (TPSA) is 86.5 Å². The minimum Gasteiger partial charge on any atom is -0.395 e. The van der Waals surface area contributed by atoms with Gasteiger partial charge in [0.1, 0.15) is 0 Å². The number of unbranched alkanes of at least 4 members (excludes halogenated alkanes) is 1. The van der Waals surface area contributed by atoms with Crippen molar-refractivity contribution in [2.24, 2.45) is 7.05 Å². The number of aliphatic hydroxyl groups is 1. The second-order valence-corrected chi connectivity index (χ2v) is 5.75. The Morgan fingerprint density at radius 3 is 2.61 bits per heavy atom. The summed E-state index contributed by atoms with van der Waals surface area (Å²) in [6, 6.07) is 0. The van der Waals surface area contributed by atoms with Crippen LogP contribution < -0.4 is 11.2 Å². The third-order valence-corrected chi connectivity index (χ3v) is 4.20. The van der Waals surface area contributed by atoms with Gasteiger partial charge in [-0.15, -0.1) is 0 Å². The Balaban J connectivity index is 2.40. The number of hydrogen-bond acceptors (Lipinski definition) is 4. The second kappa shape index (κ2) is 5.69. The van der Waals surface area contributed by atoms with Crippen molar-refractivity contribution in [2.75, 3.05) is 6.61 Å². The largest absolute Gasteiger partial charge is 0.395 e. The van der Waals surface area contributed by atoms with Crippen molar-refractivity contribution in [2.45, 2.75) is 39.8 Å². The molecule has 0 amide bonds. The van der Waals surface area contributed by atoms with Gasteiger partial charge in [0.15, 0.2) is 11.2 Å². The average Bonchev–Trinajstić information content (AvgIpc) is 3.02. The molecule has 0 aliphatic carbocycles. The molecule has 1 N–H and O–H groups in total. The van der Waals surface area contributed by atoms with Gasteiger partial charge in [0.2, 0.25) is 5.78 Å². The molecule has 0 aromatic carbocycles. The molecule has 0 radical (unpaired) electrons. The van der Waals surface area contributed by atoms with Crippen molar-refractivity contribution in [3.05, 3.63) is 32.7 Å². The first-order valence-electron chi connectivity index (χ1n) is 7.79. The van der Waals surface area contributed by atoms with Gasteiger partial charge in [-0.05, 0) is 13.3 Å². The maximum Gasteiger partial charge on any atom is 0.332 e. The molecule has 0 saturated heterocycles. The van der Waals surface area contributed by atoms with E-state index in [1.165, 1.54) is 9.13 Å². The van der Waals surface area contributed by atoms with Crippen LogP contribution in [0.25, 0.3) is 16.9 Å². The van der Waals surface area contributed by atoms with Crippen molar-refractivity contribution in [3.8, 4) is 0 Å². The van der Waals surface area contributed by atoms with E-state index in [1.807, 2.05) is 24.6 Å². The van der Waals surface area contributed by atoms with Crippen molar-refractivity contribution in [1.29, 1.82) is 0 Å². The summed E-state index contributed by atoms with van der Waals surface area (Å²) in [6.45, 7) is 4.69. The zero-order chi connectivity index (χ0) is 16.7. The molecule has 0 aliphatic heterocycles. The minimum absolute atomic E-state index is 0.0198. The molecule has 23 heavy (non-hydrogen) atoms. The highest BCUT2D eigenvalue weighted by atomic mass is 16.3. The van der Waals surface area contributed by atoms with Crippen molar-refractivity contribution >= 4 is 16.9 Å². The van der Waals surface area contributed by atoms with Gasteiger partial charge in [0, 0.05) is 32.0 Å².